The Balaban J connectivity index is 1.56. The topological polar surface area (TPSA) is 35.5 Å². The molecule has 3 aromatic rings. The van der Waals surface area contributed by atoms with E-state index in [1.165, 1.54) is 23.8 Å². The molecule has 0 atom stereocenters. The normalized spacial score (nSPS) is 10.5. The van der Waals surface area contributed by atoms with E-state index in [1.54, 1.807) is 13.2 Å². The maximum absolute atomic E-state index is 11.8. The van der Waals surface area contributed by atoms with Gasteiger partial charge in [0, 0.05) is 0 Å². The fourth-order valence-electron chi connectivity index (χ4n) is 3.26. The second-order valence-electron chi connectivity index (χ2n) is 6.83. The third kappa shape index (κ3) is 5.23. The molecule has 3 rings (SSSR count). The Morgan fingerprint density at radius 2 is 1.18 bits per heavy atom. The van der Waals surface area contributed by atoms with Crippen LogP contribution >= 0.6 is 0 Å². The van der Waals surface area contributed by atoms with E-state index < -0.39 is 0 Å². The molecular weight excluding hydrogens is 348 g/mol. The lowest BCUT2D eigenvalue weighted by atomic mass is 9.99. The number of rotatable bonds is 8. The highest BCUT2D eigenvalue weighted by molar-refractivity contribution is 5.92. The zero-order chi connectivity index (χ0) is 19.8. The van der Waals surface area contributed by atoms with Gasteiger partial charge in [-0.2, -0.15) is 0 Å². The van der Waals surface area contributed by atoms with E-state index >= 15 is 0 Å². The van der Waals surface area contributed by atoms with Crippen molar-refractivity contribution in [2.75, 3.05) is 14.2 Å². The first kappa shape index (κ1) is 19.7. The lowest BCUT2D eigenvalue weighted by Gasteiger charge is -2.10. The van der Waals surface area contributed by atoms with Crippen molar-refractivity contribution in [3.8, 4) is 5.75 Å². The summed E-state index contributed by atoms with van der Waals surface area (Å²) in [5, 5.41) is 0. The minimum absolute atomic E-state index is 0.380. The van der Waals surface area contributed by atoms with Gasteiger partial charge in [-0.1, -0.05) is 60.7 Å². The lowest BCUT2D eigenvalue weighted by Crippen LogP contribution is -2.05. The van der Waals surface area contributed by atoms with Gasteiger partial charge in [0.2, 0.25) is 0 Å². The molecule has 0 aliphatic rings. The molecular formula is C25H26O3. The third-order valence-electron chi connectivity index (χ3n) is 4.94. The van der Waals surface area contributed by atoms with Crippen LogP contribution in [0, 0.1) is 0 Å². The molecule has 0 aromatic heterocycles. The second kappa shape index (κ2) is 9.75. The maximum Gasteiger partial charge on any atom is 0.341 e. The second-order valence-corrected chi connectivity index (χ2v) is 6.83. The molecule has 0 radical (unpaired) electrons. The Hall–Kier alpha value is -3.07. The van der Waals surface area contributed by atoms with Gasteiger partial charge in [-0.25, -0.2) is 4.79 Å². The molecule has 0 amide bonds. The Kier molecular flexibility index (Phi) is 6.85. The summed E-state index contributed by atoms with van der Waals surface area (Å²) in [5.74, 6) is 0.176. The number of hydrogen-bond donors (Lipinski definition) is 0. The van der Waals surface area contributed by atoms with Crippen LogP contribution in [0.2, 0.25) is 0 Å². The highest BCUT2D eigenvalue weighted by Gasteiger charge is 2.13. The zero-order valence-electron chi connectivity index (χ0n) is 16.5. The number of carbonyl (C=O) groups excluding carboxylic acids is 1. The van der Waals surface area contributed by atoms with Gasteiger partial charge in [0.05, 0.1) is 14.2 Å². The monoisotopic (exact) mass is 374 g/mol. The molecule has 3 nitrogen and oxygen atoms in total. The van der Waals surface area contributed by atoms with Crippen LogP contribution in [0.1, 0.15) is 32.6 Å². The number of methoxy groups -OCH3 is 2. The number of benzene rings is 3. The molecule has 28 heavy (non-hydrogen) atoms. The highest BCUT2D eigenvalue weighted by Crippen LogP contribution is 2.22. The van der Waals surface area contributed by atoms with E-state index in [4.69, 9.17) is 9.47 Å². The predicted octanol–water partition coefficient (Wildman–Crippen LogP) is 5.05. The first-order chi connectivity index (χ1) is 13.7. The van der Waals surface area contributed by atoms with E-state index in [1.807, 2.05) is 12.1 Å². The minimum Gasteiger partial charge on any atom is -0.496 e. The summed E-state index contributed by atoms with van der Waals surface area (Å²) >= 11 is 0. The van der Waals surface area contributed by atoms with Crippen LogP contribution in [0.5, 0.6) is 5.75 Å². The summed E-state index contributed by atoms with van der Waals surface area (Å²) in [6.45, 7) is 0. The first-order valence-corrected chi connectivity index (χ1v) is 9.56. The zero-order valence-corrected chi connectivity index (χ0v) is 16.5. The molecule has 144 valence electrons. The van der Waals surface area contributed by atoms with Crippen molar-refractivity contribution in [1.82, 2.24) is 0 Å². The molecule has 0 saturated carbocycles. The number of hydrogen-bond acceptors (Lipinski definition) is 3. The van der Waals surface area contributed by atoms with Crippen molar-refractivity contribution in [2.24, 2.45) is 0 Å². The molecule has 0 spiro atoms. The summed E-state index contributed by atoms with van der Waals surface area (Å²) in [6.07, 6.45) is 3.95. The number of ether oxygens (including phenoxy) is 2. The fraction of sp³-hybridized carbons (Fsp3) is 0.240. The van der Waals surface area contributed by atoms with Crippen molar-refractivity contribution in [1.29, 1.82) is 0 Å². The quantitative estimate of drug-likeness (QED) is 0.518. The predicted molar refractivity (Wildman–Crippen MR) is 112 cm³/mol. The van der Waals surface area contributed by atoms with E-state index in [9.17, 15) is 4.79 Å². The molecule has 3 aromatic carbocycles. The standard InChI is InChI=1S/C25H26O3/c1-27-24-18-22(16-17-23(24)25(26)28-2)15-14-21-12-10-20(11-13-21)9-8-19-6-4-3-5-7-19/h3-7,10-13,16-18H,8-9,14-15H2,1-2H3. The average Bonchev–Trinajstić information content (AvgIpc) is 2.77. The van der Waals surface area contributed by atoms with Gasteiger partial charge in [0.1, 0.15) is 11.3 Å². The minimum atomic E-state index is -0.380. The van der Waals surface area contributed by atoms with Crippen LogP contribution in [0.15, 0.2) is 72.8 Å². The number of carbonyl (C=O) groups is 1. The van der Waals surface area contributed by atoms with Crippen LogP contribution in [0.4, 0.5) is 0 Å². The van der Waals surface area contributed by atoms with Gasteiger partial charge < -0.3 is 9.47 Å². The van der Waals surface area contributed by atoms with E-state index in [0.29, 0.717) is 11.3 Å². The van der Waals surface area contributed by atoms with Crippen LogP contribution in [-0.2, 0) is 30.4 Å². The Morgan fingerprint density at radius 1 is 0.679 bits per heavy atom. The van der Waals surface area contributed by atoms with Crippen LogP contribution < -0.4 is 4.74 Å². The Labute approximate surface area is 166 Å². The van der Waals surface area contributed by atoms with E-state index in [2.05, 4.69) is 54.6 Å². The summed E-state index contributed by atoms with van der Waals surface area (Å²) in [6, 6.07) is 25.1. The highest BCUT2D eigenvalue weighted by atomic mass is 16.5. The van der Waals surface area contributed by atoms with Gasteiger partial charge >= 0.3 is 5.97 Å². The van der Waals surface area contributed by atoms with Crippen molar-refractivity contribution in [3.63, 3.8) is 0 Å². The van der Waals surface area contributed by atoms with Crippen molar-refractivity contribution < 1.29 is 14.3 Å². The summed E-state index contributed by atoms with van der Waals surface area (Å²) in [5.41, 5.74) is 5.63. The molecule has 3 heteroatoms. The molecule has 0 saturated heterocycles. The number of aryl methyl sites for hydroxylation is 4. The average molecular weight is 374 g/mol. The maximum atomic E-state index is 11.8. The summed E-state index contributed by atoms with van der Waals surface area (Å²) < 4.78 is 10.1. The fourth-order valence-corrected chi connectivity index (χ4v) is 3.26. The van der Waals surface area contributed by atoms with E-state index in [-0.39, 0.29) is 5.97 Å². The summed E-state index contributed by atoms with van der Waals surface area (Å²) in [4.78, 5) is 11.8. The van der Waals surface area contributed by atoms with Gasteiger partial charge in [0.25, 0.3) is 0 Å². The van der Waals surface area contributed by atoms with Crippen LogP contribution in [0.25, 0.3) is 0 Å². The first-order valence-electron chi connectivity index (χ1n) is 9.56. The van der Waals surface area contributed by atoms with Crippen LogP contribution in [-0.4, -0.2) is 20.2 Å². The van der Waals surface area contributed by atoms with Crippen molar-refractivity contribution in [2.45, 2.75) is 25.7 Å². The smallest absolute Gasteiger partial charge is 0.341 e. The molecule has 0 heterocycles. The lowest BCUT2D eigenvalue weighted by molar-refractivity contribution is 0.0597. The van der Waals surface area contributed by atoms with Gasteiger partial charge in [-0.05, 0) is 60.1 Å². The Bertz CT molecular complexity index is 899. The molecule has 0 unspecified atom stereocenters. The molecule has 0 bridgehead atoms. The van der Waals surface area contributed by atoms with Gasteiger partial charge in [-0.15, -0.1) is 0 Å². The SMILES string of the molecule is COC(=O)c1ccc(CCc2ccc(CCc3ccccc3)cc2)cc1OC. The van der Waals surface area contributed by atoms with Gasteiger partial charge in [-0.3, -0.25) is 0 Å². The summed E-state index contributed by atoms with van der Waals surface area (Å²) in [7, 11) is 2.94. The molecule has 0 aliphatic heterocycles. The van der Waals surface area contributed by atoms with Crippen molar-refractivity contribution >= 4 is 5.97 Å². The van der Waals surface area contributed by atoms with E-state index in [0.717, 1.165) is 31.2 Å². The molecule has 0 aliphatic carbocycles. The van der Waals surface area contributed by atoms with Crippen molar-refractivity contribution in [3.05, 3.63) is 101 Å². The Morgan fingerprint density at radius 3 is 1.71 bits per heavy atom. The largest absolute Gasteiger partial charge is 0.496 e. The third-order valence-corrected chi connectivity index (χ3v) is 4.94. The van der Waals surface area contributed by atoms with Crippen LogP contribution in [0.3, 0.4) is 0 Å². The molecule has 0 N–H and O–H groups in total. The van der Waals surface area contributed by atoms with Gasteiger partial charge in [0.15, 0.2) is 0 Å². The molecule has 0 fully saturated rings. The number of esters is 1.